The summed E-state index contributed by atoms with van der Waals surface area (Å²) in [5.41, 5.74) is 0.461. The maximum atomic E-state index is 13.6. The molecule has 2 aromatic rings. The Balaban J connectivity index is 2.57. The van der Waals surface area contributed by atoms with E-state index < -0.39 is 0 Å². The van der Waals surface area contributed by atoms with E-state index in [1.807, 2.05) is 0 Å². The maximum Gasteiger partial charge on any atom is 0.209 e. The molecule has 0 saturated heterocycles. The van der Waals surface area contributed by atoms with Gasteiger partial charge in [-0.1, -0.05) is 6.07 Å². The molecule has 6 heteroatoms. The fraction of sp³-hybridized carbons (Fsp3) is 0. The van der Waals surface area contributed by atoms with Gasteiger partial charge in [-0.05, 0) is 55.5 Å². The first-order chi connectivity index (χ1) is 6.68. The summed E-state index contributed by atoms with van der Waals surface area (Å²) in [5.74, 6) is -0.309. The Labute approximate surface area is 101 Å². The van der Waals surface area contributed by atoms with Crippen molar-refractivity contribution in [2.75, 3.05) is 0 Å². The van der Waals surface area contributed by atoms with Gasteiger partial charge in [0, 0.05) is 5.56 Å². The smallest absolute Gasteiger partial charge is 0.209 e. The lowest BCUT2D eigenvalue weighted by Gasteiger charge is -1.99. The second-order valence-electron chi connectivity index (χ2n) is 2.47. The number of hydrogen-bond donors (Lipinski definition) is 0. The van der Waals surface area contributed by atoms with Crippen molar-refractivity contribution in [3.63, 3.8) is 0 Å². The number of aromatic nitrogens is 2. The largest absolute Gasteiger partial charge is 0.209 e. The molecule has 1 aromatic heterocycles. The van der Waals surface area contributed by atoms with Gasteiger partial charge in [0.2, 0.25) is 4.73 Å². The lowest BCUT2D eigenvalue weighted by Crippen LogP contribution is -1.84. The fourth-order valence-electron chi connectivity index (χ4n) is 0.984. The van der Waals surface area contributed by atoms with Gasteiger partial charge in [-0.25, -0.2) is 9.37 Å². The van der Waals surface area contributed by atoms with Crippen LogP contribution in [-0.2, 0) is 0 Å². The van der Waals surface area contributed by atoms with E-state index in [9.17, 15) is 4.39 Å². The normalized spacial score (nSPS) is 10.5. The van der Waals surface area contributed by atoms with E-state index in [-0.39, 0.29) is 5.82 Å². The summed E-state index contributed by atoms with van der Waals surface area (Å²) in [4.78, 5) is 4.05. The van der Waals surface area contributed by atoms with E-state index in [1.165, 1.54) is 0 Å². The number of benzene rings is 1. The minimum absolute atomic E-state index is 0.309. The van der Waals surface area contributed by atoms with Crippen LogP contribution in [0.2, 0.25) is 0 Å². The molecular formula is C8H3Br2FN2S. The second kappa shape index (κ2) is 4.04. The minimum Gasteiger partial charge on any atom is -0.209 e. The number of halogens is 3. The Hall–Kier alpha value is -0.330. The highest BCUT2D eigenvalue weighted by Gasteiger charge is 2.11. The molecule has 0 unspecified atom stereocenters. The van der Waals surface area contributed by atoms with E-state index in [0.717, 1.165) is 11.5 Å². The summed E-state index contributed by atoms with van der Waals surface area (Å²) in [6.07, 6.45) is 0. The Morgan fingerprint density at radius 3 is 2.71 bits per heavy atom. The van der Waals surface area contributed by atoms with Crippen LogP contribution < -0.4 is 0 Å². The monoisotopic (exact) mass is 336 g/mol. The average Bonchev–Trinajstić information content (AvgIpc) is 2.57. The molecule has 0 aliphatic heterocycles. The zero-order valence-electron chi connectivity index (χ0n) is 6.67. The van der Waals surface area contributed by atoms with Crippen molar-refractivity contribution in [3.05, 3.63) is 33.2 Å². The van der Waals surface area contributed by atoms with Crippen molar-refractivity contribution >= 4 is 43.4 Å². The summed E-state index contributed by atoms with van der Waals surface area (Å²) in [6.45, 7) is 0. The lowest BCUT2D eigenvalue weighted by molar-refractivity contribution is 0.624. The molecular weight excluding hydrogens is 335 g/mol. The molecule has 0 spiro atoms. The van der Waals surface area contributed by atoms with Crippen LogP contribution in [0.25, 0.3) is 10.6 Å². The summed E-state index contributed by atoms with van der Waals surface area (Å²) in [5, 5.41) is 0.565. The summed E-state index contributed by atoms with van der Waals surface area (Å²) in [7, 11) is 0. The van der Waals surface area contributed by atoms with Gasteiger partial charge in [-0.15, -0.1) is 0 Å². The van der Waals surface area contributed by atoms with E-state index in [2.05, 4.69) is 41.2 Å². The first-order valence-electron chi connectivity index (χ1n) is 3.62. The molecule has 2 rings (SSSR count). The zero-order valence-corrected chi connectivity index (χ0v) is 10.7. The first-order valence-corrected chi connectivity index (χ1v) is 5.98. The predicted octanol–water partition coefficient (Wildman–Crippen LogP) is 3.87. The topological polar surface area (TPSA) is 25.8 Å². The third-order valence-corrected chi connectivity index (χ3v) is 3.53. The molecule has 14 heavy (non-hydrogen) atoms. The Kier molecular flexibility index (Phi) is 2.94. The SMILES string of the molecule is Fc1c(Br)cccc1-c1nc(Br)ns1. The Morgan fingerprint density at radius 2 is 2.07 bits per heavy atom. The number of hydrogen-bond acceptors (Lipinski definition) is 3. The molecule has 2 nitrogen and oxygen atoms in total. The van der Waals surface area contributed by atoms with Crippen LogP contribution >= 0.6 is 43.4 Å². The second-order valence-corrected chi connectivity index (χ2v) is 4.79. The quantitative estimate of drug-likeness (QED) is 0.789. The third kappa shape index (κ3) is 1.87. The maximum absolute atomic E-state index is 13.6. The molecule has 0 aliphatic rings. The van der Waals surface area contributed by atoms with Crippen LogP contribution in [0.1, 0.15) is 0 Å². The molecule has 72 valence electrons. The summed E-state index contributed by atoms with van der Waals surface area (Å²) < 4.78 is 18.4. The van der Waals surface area contributed by atoms with Gasteiger partial charge >= 0.3 is 0 Å². The molecule has 0 N–H and O–H groups in total. The highest BCUT2D eigenvalue weighted by molar-refractivity contribution is 9.10. The summed E-state index contributed by atoms with van der Waals surface area (Å²) >= 11 is 7.40. The van der Waals surface area contributed by atoms with Crippen LogP contribution in [0.3, 0.4) is 0 Å². The van der Waals surface area contributed by atoms with Gasteiger partial charge in [0.05, 0.1) is 4.47 Å². The van der Waals surface area contributed by atoms with Gasteiger partial charge in [0.1, 0.15) is 10.8 Å². The zero-order chi connectivity index (χ0) is 10.1. The summed E-state index contributed by atoms with van der Waals surface area (Å²) in [6, 6.07) is 5.08. The third-order valence-electron chi connectivity index (χ3n) is 1.58. The highest BCUT2D eigenvalue weighted by Crippen LogP contribution is 2.29. The fourth-order valence-corrected chi connectivity index (χ4v) is 2.45. The molecule has 0 bridgehead atoms. The van der Waals surface area contributed by atoms with Crippen LogP contribution in [-0.4, -0.2) is 9.36 Å². The van der Waals surface area contributed by atoms with Gasteiger partial charge in [-0.3, -0.25) is 0 Å². The number of nitrogens with zero attached hydrogens (tertiary/aromatic N) is 2. The predicted molar refractivity (Wildman–Crippen MR) is 60.7 cm³/mol. The van der Waals surface area contributed by atoms with Crippen molar-refractivity contribution in [1.29, 1.82) is 0 Å². The van der Waals surface area contributed by atoms with Crippen molar-refractivity contribution in [2.24, 2.45) is 0 Å². The molecule has 0 amide bonds. The standard InChI is InChI=1S/C8H3Br2FN2S/c9-5-3-1-2-4(6(5)11)7-12-8(10)13-14-7/h1-3H. The lowest BCUT2D eigenvalue weighted by atomic mass is 10.2. The minimum atomic E-state index is -0.309. The van der Waals surface area contributed by atoms with E-state index in [0.29, 0.717) is 19.8 Å². The van der Waals surface area contributed by atoms with Crippen molar-refractivity contribution in [3.8, 4) is 10.6 Å². The van der Waals surface area contributed by atoms with Crippen LogP contribution in [0, 0.1) is 5.82 Å². The first kappa shape index (κ1) is 10.2. The molecule has 1 aromatic carbocycles. The van der Waals surface area contributed by atoms with Crippen molar-refractivity contribution < 1.29 is 4.39 Å². The van der Waals surface area contributed by atoms with E-state index in [4.69, 9.17) is 0 Å². The van der Waals surface area contributed by atoms with Gasteiger partial charge in [0.15, 0.2) is 0 Å². The Bertz CT molecular complexity index is 472. The van der Waals surface area contributed by atoms with E-state index >= 15 is 0 Å². The average molecular weight is 338 g/mol. The number of rotatable bonds is 1. The molecule has 0 atom stereocenters. The molecule has 0 fully saturated rings. The van der Waals surface area contributed by atoms with E-state index in [1.54, 1.807) is 18.2 Å². The van der Waals surface area contributed by atoms with Crippen LogP contribution in [0.5, 0.6) is 0 Å². The highest BCUT2D eigenvalue weighted by atomic mass is 79.9. The molecule has 0 radical (unpaired) electrons. The molecule has 0 saturated carbocycles. The van der Waals surface area contributed by atoms with Gasteiger partial charge in [-0.2, -0.15) is 4.37 Å². The van der Waals surface area contributed by atoms with Crippen LogP contribution in [0.15, 0.2) is 27.4 Å². The van der Waals surface area contributed by atoms with Gasteiger partial charge < -0.3 is 0 Å². The van der Waals surface area contributed by atoms with Crippen molar-refractivity contribution in [2.45, 2.75) is 0 Å². The molecule has 0 aliphatic carbocycles. The van der Waals surface area contributed by atoms with Crippen LogP contribution in [0.4, 0.5) is 4.39 Å². The molecule has 1 heterocycles. The Morgan fingerprint density at radius 1 is 1.29 bits per heavy atom. The van der Waals surface area contributed by atoms with Gasteiger partial charge in [0.25, 0.3) is 0 Å². The van der Waals surface area contributed by atoms with Crippen molar-refractivity contribution in [1.82, 2.24) is 9.36 Å².